The van der Waals surface area contributed by atoms with E-state index < -0.39 is 0 Å². The summed E-state index contributed by atoms with van der Waals surface area (Å²) in [4.78, 5) is 0.910. The fourth-order valence-corrected chi connectivity index (χ4v) is 4.16. The summed E-state index contributed by atoms with van der Waals surface area (Å²) in [5, 5.41) is 0. The van der Waals surface area contributed by atoms with E-state index in [1.165, 1.54) is 42.4 Å². The molecule has 3 rings (SSSR count). The standard InChI is InChI=1S/C25H27S/c1-2-3-4-11-19-25(21-13-7-5-8-14-21,22-15-9-6-10-16-22)23-17-12-18-24(26)20-23/h5-10,12-18,20H,2-4,11,19H2,1H3. The molecule has 0 amide bonds. The van der Waals surface area contributed by atoms with Gasteiger partial charge in [-0.15, -0.1) is 0 Å². The van der Waals surface area contributed by atoms with Crippen LogP contribution in [0.1, 0.15) is 55.7 Å². The van der Waals surface area contributed by atoms with Gasteiger partial charge in [-0.1, -0.05) is 118 Å². The highest BCUT2D eigenvalue weighted by Gasteiger charge is 2.35. The summed E-state index contributed by atoms with van der Waals surface area (Å²) in [5.74, 6) is 0. The minimum atomic E-state index is -0.148. The van der Waals surface area contributed by atoms with Crippen LogP contribution in [0.3, 0.4) is 0 Å². The van der Waals surface area contributed by atoms with Gasteiger partial charge in [0, 0.05) is 10.3 Å². The number of hydrogen-bond acceptors (Lipinski definition) is 0. The van der Waals surface area contributed by atoms with Crippen LogP contribution in [0.25, 0.3) is 0 Å². The van der Waals surface area contributed by atoms with E-state index in [1.54, 1.807) is 0 Å². The number of rotatable bonds is 8. The van der Waals surface area contributed by atoms with Crippen LogP contribution >= 0.6 is 12.6 Å². The van der Waals surface area contributed by atoms with Crippen molar-refractivity contribution in [1.29, 1.82) is 0 Å². The second-order valence-corrected chi connectivity index (χ2v) is 7.45. The molecule has 0 saturated carbocycles. The van der Waals surface area contributed by atoms with Gasteiger partial charge in [-0.25, -0.2) is 0 Å². The largest absolute Gasteiger partial charge is 0.0801 e. The molecule has 3 aromatic rings. The Morgan fingerprint density at radius 1 is 0.654 bits per heavy atom. The van der Waals surface area contributed by atoms with E-state index in [1.807, 2.05) is 6.07 Å². The predicted molar refractivity (Wildman–Crippen MR) is 114 cm³/mol. The Kier molecular flexibility index (Phi) is 6.46. The molecular weight excluding hydrogens is 332 g/mol. The lowest BCUT2D eigenvalue weighted by Crippen LogP contribution is -2.29. The first-order valence-electron chi connectivity index (χ1n) is 9.66. The van der Waals surface area contributed by atoms with Crippen molar-refractivity contribution in [1.82, 2.24) is 0 Å². The third-order valence-corrected chi connectivity index (χ3v) is 5.52. The van der Waals surface area contributed by atoms with Gasteiger partial charge in [-0.05, 0) is 35.2 Å². The Morgan fingerprint density at radius 3 is 1.77 bits per heavy atom. The van der Waals surface area contributed by atoms with Gasteiger partial charge >= 0.3 is 0 Å². The average Bonchev–Trinajstić information content (AvgIpc) is 2.70. The molecule has 133 valence electrons. The molecule has 0 spiro atoms. The maximum absolute atomic E-state index is 5.52. The molecule has 0 nitrogen and oxygen atoms in total. The van der Waals surface area contributed by atoms with E-state index in [0.29, 0.717) is 0 Å². The van der Waals surface area contributed by atoms with E-state index in [4.69, 9.17) is 12.6 Å². The highest BCUT2D eigenvalue weighted by molar-refractivity contribution is 7.80. The Labute approximate surface area is 163 Å². The molecule has 0 fully saturated rings. The second-order valence-electron chi connectivity index (χ2n) is 6.98. The predicted octanol–water partition coefficient (Wildman–Crippen LogP) is 7.55. The third-order valence-electron chi connectivity index (χ3n) is 5.27. The Morgan fingerprint density at radius 2 is 1.23 bits per heavy atom. The minimum absolute atomic E-state index is 0.148. The summed E-state index contributed by atoms with van der Waals surface area (Å²) in [6.07, 6.45) is 6.12. The van der Waals surface area contributed by atoms with Crippen LogP contribution in [0.5, 0.6) is 0 Å². The first-order valence-corrected chi connectivity index (χ1v) is 10.1. The zero-order chi connectivity index (χ0) is 18.2. The van der Waals surface area contributed by atoms with Crippen LogP contribution < -0.4 is 0 Å². The molecule has 0 N–H and O–H groups in total. The lowest BCUT2D eigenvalue weighted by molar-refractivity contribution is 0.506. The van der Waals surface area contributed by atoms with Gasteiger partial charge < -0.3 is 0 Å². The van der Waals surface area contributed by atoms with Gasteiger partial charge in [-0.2, -0.15) is 0 Å². The molecule has 0 heterocycles. The van der Waals surface area contributed by atoms with Crippen molar-refractivity contribution in [2.24, 2.45) is 0 Å². The lowest BCUT2D eigenvalue weighted by atomic mass is 9.66. The van der Waals surface area contributed by atoms with Crippen LogP contribution in [0, 0.1) is 0 Å². The van der Waals surface area contributed by atoms with Crippen LogP contribution in [0.4, 0.5) is 0 Å². The molecule has 1 radical (unpaired) electrons. The zero-order valence-electron chi connectivity index (χ0n) is 15.5. The summed E-state index contributed by atoms with van der Waals surface area (Å²) in [6.45, 7) is 2.27. The van der Waals surface area contributed by atoms with Crippen molar-refractivity contribution in [3.8, 4) is 0 Å². The van der Waals surface area contributed by atoms with E-state index >= 15 is 0 Å². The fraction of sp³-hybridized carbons (Fsp3) is 0.280. The van der Waals surface area contributed by atoms with E-state index in [0.717, 1.165) is 11.3 Å². The molecule has 0 bridgehead atoms. The molecule has 1 heteroatoms. The molecule has 0 aliphatic heterocycles. The molecule has 26 heavy (non-hydrogen) atoms. The van der Waals surface area contributed by atoms with Gasteiger partial charge in [-0.3, -0.25) is 0 Å². The Balaban J connectivity index is 2.17. The van der Waals surface area contributed by atoms with Crippen molar-refractivity contribution in [2.75, 3.05) is 0 Å². The molecular formula is C25H27S. The van der Waals surface area contributed by atoms with Crippen molar-refractivity contribution < 1.29 is 0 Å². The van der Waals surface area contributed by atoms with Crippen molar-refractivity contribution >= 4 is 12.6 Å². The lowest BCUT2D eigenvalue weighted by Gasteiger charge is -2.36. The molecule has 0 aliphatic carbocycles. The van der Waals surface area contributed by atoms with E-state index in [-0.39, 0.29) is 5.41 Å². The molecule has 0 aliphatic rings. The topological polar surface area (TPSA) is 0 Å². The summed E-state index contributed by atoms with van der Waals surface area (Å²) in [6, 6.07) is 30.4. The molecule has 3 aromatic carbocycles. The molecule has 0 atom stereocenters. The van der Waals surface area contributed by atoms with Crippen molar-refractivity contribution in [3.63, 3.8) is 0 Å². The van der Waals surface area contributed by atoms with Crippen molar-refractivity contribution in [3.05, 3.63) is 102 Å². The average molecular weight is 360 g/mol. The highest BCUT2D eigenvalue weighted by atomic mass is 32.1. The summed E-state index contributed by atoms with van der Waals surface area (Å²) >= 11 is 5.52. The highest BCUT2D eigenvalue weighted by Crippen LogP contribution is 2.43. The van der Waals surface area contributed by atoms with Gasteiger partial charge in [0.05, 0.1) is 0 Å². The minimum Gasteiger partial charge on any atom is -0.0801 e. The van der Waals surface area contributed by atoms with E-state index in [2.05, 4.69) is 85.8 Å². The van der Waals surface area contributed by atoms with Gasteiger partial charge in [0.25, 0.3) is 0 Å². The van der Waals surface area contributed by atoms with Gasteiger partial charge in [0.15, 0.2) is 0 Å². The summed E-state index contributed by atoms with van der Waals surface area (Å²) < 4.78 is 0. The maximum Gasteiger partial charge on any atom is 0.0451 e. The van der Waals surface area contributed by atoms with Crippen molar-refractivity contribution in [2.45, 2.75) is 49.3 Å². The number of unbranched alkanes of at least 4 members (excludes halogenated alkanes) is 3. The normalized spacial score (nSPS) is 11.4. The van der Waals surface area contributed by atoms with Crippen LogP contribution in [0.2, 0.25) is 0 Å². The van der Waals surface area contributed by atoms with Gasteiger partial charge in [0.1, 0.15) is 0 Å². The van der Waals surface area contributed by atoms with E-state index in [9.17, 15) is 0 Å². The maximum atomic E-state index is 5.52. The summed E-state index contributed by atoms with van der Waals surface area (Å²) in [5.41, 5.74) is 3.86. The molecule has 0 saturated heterocycles. The fourth-order valence-electron chi connectivity index (χ4n) is 3.96. The molecule has 0 aromatic heterocycles. The zero-order valence-corrected chi connectivity index (χ0v) is 16.3. The quantitative estimate of drug-likeness (QED) is 0.288. The SMILES string of the molecule is CCCCCCC(c1ccccc1)(c1ccccc1)c1cccc([S])c1. The second kappa shape index (κ2) is 9.00. The molecule has 0 unspecified atom stereocenters. The number of hydrogen-bond donors (Lipinski definition) is 0. The smallest absolute Gasteiger partial charge is 0.0451 e. The Hall–Kier alpha value is -2.12. The van der Waals surface area contributed by atoms with Gasteiger partial charge in [0.2, 0.25) is 0 Å². The van der Waals surface area contributed by atoms with Crippen LogP contribution in [-0.4, -0.2) is 0 Å². The monoisotopic (exact) mass is 359 g/mol. The third kappa shape index (κ3) is 3.99. The number of benzene rings is 3. The van der Waals surface area contributed by atoms with Crippen LogP contribution in [0.15, 0.2) is 89.8 Å². The first-order chi connectivity index (χ1) is 12.8. The first kappa shape index (κ1) is 18.7. The van der Waals surface area contributed by atoms with Crippen LogP contribution in [-0.2, 0) is 5.41 Å². The Bertz CT molecular complexity index is 753. The summed E-state index contributed by atoms with van der Waals surface area (Å²) in [7, 11) is 0.